The van der Waals surface area contributed by atoms with Crippen molar-refractivity contribution in [2.45, 2.75) is 0 Å². The van der Waals surface area contributed by atoms with Gasteiger partial charge in [-0.3, -0.25) is 13.8 Å². The maximum atomic E-state index is 12.8. The number of alkyl halides is 1. The zero-order valence-electron chi connectivity index (χ0n) is 13.7. The number of nitrogens with zero attached hydrogens (tertiary/aromatic N) is 2. The van der Waals surface area contributed by atoms with Gasteiger partial charge in [-0.15, -0.1) is 0 Å². The molecule has 0 radical (unpaired) electrons. The van der Waals surface area contributed by atoms with Crippen LogP contribution in [0.15, 0.2) is 42.5 Å². The lowest BCUT2D eigenvalue weighted by molar-refractivity contribution is -0.930. The van der Waals surface area contributed by atoms with Crippen LogP contribution in [0.1, 0.15) is 15.9 Å². The van der Waals surface area contributed by atoms with Crippen molar-refractivity contribution in [1.29, 1.82) is 0 Å². The third kappa shape index (κ3) is 1.83. The van der Waals surface area contributed by atoms with Gasteiger partial charge in [0, 0.05) is 17.2 Å². The van der Waals surface area contributed by atoms with Gasteiger partial charge in [-0.25, -0.2) is 0 Å². The van der Waals surface area contributed by atoms with Crippen LogP contribution in [0, 0.1) is 0 Å². The van der Waals surface area contributed by atoms with Crippen molar-refractivity contribution in [2.24, 2.45) is 0 Å². The van der Waals surface area contributed by atoms with Gasteiger partial charge < -0.3 is 0 Å². The van der Waals surface area contributed by atoms with E-state index in [1.165, 1.54) is 5.69 Å². The van der Waals surface area contributed by atoms with Crippen molar-refractivity contribution in [3.8, 4) is 11.1 Å². The molecule has 24 heavy (non-hydrogen) atoms. The minimum Gasteiger partial charge on any atom is -0.297 e. The first-order chi connectivity index (χ1) is 11.7. The molecule has 3 heterocycles. The Labute approximate surface area is 147 Å². The molecule has 0 unspecified atom stereocenters. The molecule has 0 saturated carbocycles. The zero-order chi connectivity index (χ0) is 16.4. The lowest BCUT2D eigenvalue weighted by Crippen LogP contribution is -2.75. The van der Waals surface area contributed by atoms with Gasteiger partial charge in [-0.1, -0.05) is 35.9 Å². The predicted molar refractivity (Wildman–Crippen MR) is 97.3 cm³/mol. The summed E-state index contributed by atoms with van der Waals surface area (Å²) in [5, 5.41) is 0. The first kappa shape index (κ1) is 14.6. The Hall–Kier alpha value is -1.68. The molecule has 3 aliphatic heterocycles. The van der Waals surface area contributed by atoms with E-state index in [1.54, 1.807) is 0 Å². The summed E-state index contributed by atoms with van der Waals surface area (Å²) in [4.78, 5) is 12.8. The number of carbonyl (C=O) groups excluding carboxylic acids is 1. The summed E-state index contributed by atoms with van der Waals surface area (Å²) in [5.74, 6) is 0.181. The maximum absolute atomic E-state index is 12.8. The molecule has 6 rings (SSSR count). The highest BCUT2D eigenvalue weighted by molar-refractivity contribution is 6.22. The molecule has 122 valence electrons. The molecule has 3 saturated heterocycles. The molecule has 4 heteroatoms. The van der Waals surface area contributed by atoms with E-state index in [9.17, 15) is 4.79 Å². The van der Waals surface area contributed by atoms with Gasteiger partial charge in [0.2, 0.25) is 0 Å². The van der Waals surface area contributed by atoms with Gasteiger partial charge in [0.1, 0.15) is 45.0 Å². The first-order valence-electron chi connectivity index (χ1n) is 8.72. The molecule has 4 aliphatic rings. The van der Waals surface area contributed by atoms with Gasteiger partial charge in [0.15, 0.2) is 11.8 Å². The standard InChI is InChI=1S/C20H21ClN2O/c21-14-22-7-10-23(11-8-22,12-9-22)15-5-6-17-16-3-1-2-4-18(16)20(24)19(17)13-15/h1-6,13H,7-12,14H2/q+2. The van der Waals surface area contributed by atoms with E-state index in [0.717, 1.165) is 76.5 Å². The van der Waals surface area contributed by atoms with Gasteiger partial charge in [0.05, 0.1) is 0 Å². The summed E-state index contributed by atoms with van der Waals surface area (Å²) in [5.41, 5.74) is 5.22. The number of quaternary nitrogens is 2. The number of hydrogen-bond acceptors (Lipinski definition) is 1. The number of piperazine rings is 3. The van der Waals surface area contributed by atoms with Crippen LogP contribution in [0.25, 0.3) is 11.1 Å². The maximum Gasteiger partial charge on any atom is 0.194 e. The Balaban J connectivity index is 1.56. The molecule has 0 N–H and O–H groups in total. The average Bonchev–Trinajstić information content (AvgIpc) is 2.96. The lowest BCUT2D eigenvalue weighted by Gasteiger charge is -2.54. The number of hydrogen-bond donors (Lipinski definition) is 0. The summed E-state index contributed by atoms with van der Waals surface area (Å²) in [6.07, 6.45) is 0. The fourth-order valence-electron chi connectivity index (χ4n) is 4.76. The highest BCUT2D eigenvalue weighted by Crippen LogP contribution is 2.41. The van der Waals surface area contributed by atoms with Gasteiger partial charge in [-0.05, 0) is 23.3 Å². The third-order valence-corrected chi connectivity index (χ3v) is 7.03. The van der Waals surface area contributed by atoms with E-state index in [0.29, 0.717) is 0 Å². The Morgan fingerprint density at radius 1 is 0.792 bits per heavy atom. The molecular formula is C20H21ClN2O+2. The number of halogens is 1. The van der Waals surface area contributed by atoms with Crippen LogP contribution in [-0.2, 0) is 0 Å². The van der Waals surface area contributed by atoms with E-state index in [1.807, 2.05) is 18.2 Å². The number of ketones is 1. The van der Waals surface area contributed by atoms with Crippen molar-refractivity contribution in [1.82, 2.24) is 4.48 Å². The molecule has 0 atom stereocenters. The quantitative estimate of drug-likeness (QED) is 0.397. The van der Waals surface area contributed by atoms with Gasteiger partial charge >= 0.3 is 0 Å². The minimum atomic E-state index is 0.181. The molecule has 0 aromatic heterocycles. The summed E-state index contributed by atoms with van der Waals surface area (Å²) < 4.78 is 2.09. The smallest absolute Gasteiger partial charge is 0.194 e. The van der Waals surface area contributed by atoms with Crippen molar-refractivity contribution in [2.75, 3.05) is 45.3 Å². The van der Waals surface area contributed by atoms with Crippen LogP contribution in [-0.4, -0.2) is 55.5 Å². The zero-order valence-corrected chi connectivity index (χ0v) is 14.4. The van der Waals surface area contributed by atoms with Crippen molar-refractivity contribution in [3.05, 3.63) is 53.6 Å². The fourth-order valence-corrected chi connectivity index (χ4v) is 5.12. The highest BCUT2D eigenvalue weighted by Gasteiger charge is 2.50. The second-order valence-electron chi connectivity index (χ2n) is 7.55. The Kier molecular flexibility index (Phi) is 3.00. The SMILES string of the molecule is O=C1c2ccccc2-c2ccc([N+]34CC[N+](CCl)(CC3)CC4)cc21. The van der Waals surface area contributed by atoms with Gasteiger partial charge in [-0.2, -0.15) is 0 Å². The van der Waals surface area contributed by atoms with E-state index in [4.69, 9.17) is 11.6 Å². The highest BCUT2D eigenvalue weighted by atomic mass is 35.5. The minimum absolute atomic E-state index is 0.181. The monoisotopic (exact) mass is 340 g/mol. The molecule has 0 amide bonds. The second kappa shape index (κ2) is 4.92. The number of fused-ring (bicyclic) bond motifs is 6. The summed E-state index contributed by atoms with van der Waals surface area (Å²) >= 11 is 6.22. The third-order valence-electron chi connectivity index (χ3n) is 6.52. The largest absolute Gasteiger partial charge is 0.297 e. The van der Waals surface area contributed by atoms with E-state index in [-0.39, 0.29) is 5.78 Å². The first-order valence-corrected chi connectivity index (χ1v) is 9.26. The topological polar surface area (TPSA) is 17.1 Å². The van der Waals surface area contributed by atoms with Crippen molar-refractivity contribution < 1.29 is 9.28 Å². The molecule has 3 nitrogen and oxygen atoms in total. The Morgan fingerprint density at radius 2 is 1.42 bits per heavy atom. The Bertz CT molecular complexity index is 836. The molecule has 2 aromatic carbocycles. The normalized spacial score (nSPS) is 30.3. The molecule has 0 spiro atoms. The number of benzene rings is 2. The van der Waals surface area contributed by atoms with E-state index < -0.39 is 0 Å². The van der Waals surface area contributed by atoms with Crippen LogP contribution in [0.3, 0.4) is 0 Å². The number of rotatable bonds is 2. The van der Waals surface area contributed by atoms with Crippen LogP contribution < -0.4 is 4.48 Å². The Morgan fingerprint density at radius 3 is 2.08 bits per heavy atom. The molecule has 2 bridgehead atoms. The summed E-state index contributed by atoms with van der Waals surface area (Å²) in [7, 11) is 0. The van der Waals surface area contributed by atoms with Crippen LogP contribution in [0.2, 0.25) is 0 Å². The average molecular weight is 341 g/mol. The van der Waals surface area contributed by atoms with Gasteiger partial charge in [0.25, 0.3) is 0 Å². The second-order valence-corrected chi connectivity index (χ2v) is 7.79. The van der Waals surface area contributed by atoms with Crippen LogP contribution in [0.4, 0.5) is 5.69 Å². The lowest BCUT2D eigenvalue weighted by atomic mass is 10.0. The van der Waals surface area contributed by atoms with Crippen molar-refractivity contribution in [3.63, 3.8) is 0 Å². The van der Waals surface area contributed by atoms with E-state index in [2.05, 4.69) is 24.3 Å². The molecule has 1 aliphatic carbocycles. The summed E-state index contributed by atoms with van der Waals surface area (Å²) in [6, 6.07) is 15.3. The number of carbonyl (C=O) groups is 1. The van der Waals surface area contributed by atoms with Crippen LogP contribution >= 0.6 is 11.6 Å². The van der Waals surface area contributed by atoms with E-state index >= 15 is 0 Å². The van der Waals surface area contributed by atoms with Crippen molar-refractivity contribution >= 4 is 23.1 Å². The fraction of sp³-hybridized carbons (Fsp3) is 0.350. The predicted octanol–water partition coefficient (Wildman–Crippen LogP) is 3.25. The summed E-state index contributed by atoms with van der Waals surface area (Å²) in [6.45, 7) is 6.84. The molecule has 3 fully saturated rings. The molecule has 2 aromatic rings. The molecular weight excluding hydrogens is 320 g/mol. The van der Waals surface area contributed by atoms with Crippen LogP contribution in [0.5, 0.6) is 0 Å².